The zero-order valence-corrected chi connectivity index (χ0v) is 12.9. The largest absolute Gasteiger partial charge is 0.417 e. The summed E-state index contributed by atoms with van der Waals surface area (Å²) >= 11 is 6.14. The molecule has 0 saturated heterocycles. The van der Waals surface area contributed by atoms with Crippen LogP contribution in [-0.2, 0) is 0 Å². The van der Waals surface area contributed by atoms with Gasteiger partial charge in [0.2, 0.25) is 5.95 Å². The first kappa shape index (κ1) is 14.1. The number of nitrogens with zero attached hydrogens (tertiary/aromatic N) is 2. The highest BCUT2D eigenvalue weighted by atomic mass is 35.5. The van der Waals surface area contributed by atoms with Gasteiger partial charge in [-0.3, -0.25) is 4.98 Å². The van der Waals surface area contributed by atoms with Crippen LogP contribution in [0.2, 0.25) is 5.02 Å². The molecule has 0 bridgehead atoms. The van der Waals surface area contributed by atoms with Crippen LogP contribution in [0, 0.1) is 0 Å². The molecule has 0 spiro atoms. The third kappa shape index (κ3) is 2.87. The molecular formula is C15H14ClN5O2. The molecule has 1 saturated carbocycles. The van der Waals surface area contributed by atoms with Crippen molar-refractivity contribution in [3.63, 3.8) is 0 Å². The van der Waals surface area contributed by atoms with Gasteiger partial charge in [-0.1, -0.05) is 11.6 Å². The van der Waals surface area contributed by atoms with Crippen LogP contribution >= 0.6 is 11.6 Å². The number of oxazole rings is 1. The number of hydrogen-bond donors (Lipinski definition) is 3. The SMILES string of the molecule is O=c1[nH]c2ccc(Nc3ncc(Cl)c(NC4CCC4)n3)cc2o1. The maximum Gasteiger partial charge on any atom is 0.417 e. The molecule has 8 heteroatoms. The molecule has 1 aliphatic carbocycles. The van der Waals surface area contributed by atoms with Crippen molar-refractivity contribution in [3.05, 3.63) is 40.0 Å². The van der Waals surface area contributed by atoms with Crippen molar-refractivity contribution >= 4 is 40.2 Å². The Bertz CT molecular complexity index is 916. The molecule has 0 aliphatic heterocycles. The number of fused-ring (bicyclic) bond motifs is 1. The number of nitrogens with one attached hydrogen (secondary N) is 3. The minimum Gasteiger partial charge on any atom is -0.408 e. The fraction of sp³-hybridized carbons (Fsp3) is 0.267. The van der Waals surface area contributed by atoms with Gasteiger partial charge in [-0.05, 0) is 31.4 Å². The van der Waals surface area contributed by atoms with Gasteiger partial charge >= 0.3 is 5.76 Å². The molecule has 3 aromatic rings. The molecule has 23 heavy (non-hydrogen) atoms. The average Bonchev–Trinajstić information content (AvgIpc) is 2.85. The predicted octanol–water partition coefficient (Wildman–Crippen LogP) is 3.27. The van der Waals surface area contributed by atoms with E-state index in [0.29, 0.717) is 33.9 Å². The molecule has 1 aliphatic rings. The van der Waals surface area contributed by atoms with Crippen LogP contribution in [0.1, 0.15) is 19.3 Å². The first-order valence-electron chi connectivity index (χ1n) is 7.36. The number of benzene rings is 1. The quantitative estimate of drug-likeness (QED) is 0.679. The summed E-state index contributed by atoms with van der Waals surface area (Å²) in [6, 6.07) is 5.71. The number of rotatable bonds is 4. The first-order chi connectivity index (χ1) is 11.2. The summed E-state index contributed by atoms with van der Waals surface area (Å²) in [4.78, 5) is 22.4. The standard InChI is InChI=1S/C15H14ClN5O2/c16-10-7-17-14(21-13(10)18-8-2-1-3-8)19-9-4-5-11-12(6-9)23-15(22)20-11/h4-8H,1-3H2,(H,20,22)(H2,17,18,19,21). The van der Waals surface area contributed by atoms with E-state index in [2.05, 4.69) is 25.6 Å². The molecule has 118 valence electrons. The Morgan fingerprint density at radius 2 is 2.22 bits per heavy atom. The molecule has 1 fully saturated rings. The normalized spacial score (nSPS) is 14.7. The highest BCUT2D eigenvalue weighted by Gasteiger charge is 2.19. The van der Waals surface area contributed by atoms with E-state index in [0.717, 1.165) is 18.5 Å². The summed E-state index contributed by atoms with van der Waals surface area (Å²) in [6.45, 7) is 0. The summed E-state index contributed by atoms with van der Waals surface area (Å²) < 4.78 is 5.04. The van der Waals surface area contributed by atoms with Crippen LogP contribution in [0.3, 0.4) is 0 Å². The van der Waals surface area contributed by atoms with Crippen molar-refractivity contribution in [3.8, 4) is 0 Å². The van der Waals surface area contributed by atoms with Gasteiger partial charge in [0.15, 0.2) is 11.4 Å². The fourth-order valence-electron chi connectivity index (χ4n) is 2.43. The van der Waals surface area contributed by atoms with Gasteiger partial charge in [0.25, 0.3) is 0 Å². The molecular weight excluding hydrogens is 318 g/mol. The lowest BCUT2D eigenvalue weighted by Crippen LogP contribution is -2.27. The molecule has 7 nitrogen and oxygen atoms in total. The number of anilines is 3. The maximum atomic E-state index is 11.2. The summed E-state index contributed by atoms with van der Waals surface area (Å²) in [5.41, 5.74) is 1.84. The van der Waals surface area contributed by atoms with Gasteiger partial charge in [0.1, 0.15) is 5.02 Å². The van der Waals surface area contributed by atoms with Gasteiger partial charge in [-0.2, -0.15) is 4.98 Å². The van der Waals surface area contributed by atoms with E-state index in [1.807, 2.05) is 6.07 Å². The average molecular weight is 332 g/mol. The maximum absolute atomic E-state index is 11.2. The van der Waals surface area contributed by atoms with E-state index in [1.54, 1.807) is 18.3 Å². The third-order valence-corrected chi connectivity index (χ3v) is 4.14. The topological polar surface area (TPSA) is 95.8 Å². The van der Waals surface area contributed by atoms with Crippen molar-refractivity contribution < 1.29 is 4.42 Å². The third-order valence-electron chi connectivity index (χ3n) is 3.87. The number of aromatic amines is 1. The van der Waals surface area contributed by atoms with Crippen molar-refractivity contribution in [1.82, 2.24) is 15.0 Å². The van der Waals surface area contributed by atoms with Gasteiger partial charge < -0.3 is 15.1 Å². The lowest BCUT2D eigenvalue weighted by atomic mass is 9.93. The number of aromatic nitrogens is 3. The molecule has 0 unspecified atom stereocenters. The van der Waals surface area contributed by atoms with Crippen LogP contribution in [0.15, 0.2) is 33.6 Å². The number of halogens is 1. The summed E-state index contributed by atoms with van der Waals surface area (Å²) in [5, 5.41) is 6.90. The van der Waals surface area contributed by atoms with E-state index in [9.17, 15) is 4.79 Å². The Labute approximate surface area is 136 Å². The highest BCUT2D eigenvalue weighted by Crippen LogP contribution is 2.27. The second-order valence-corrected chi connectivity index (χ2v) is 5.92. The highest BCUT2D eigenvalue weighted by molar-refractivity contribution is 6.32. The van der Waals surface area contributed by atoms with E-state index < -0.39 is 5.76 Å². The van der Waals surface area contributed by atoms with Gasteiger partial charge in [0.05, 0.1) is 11.7 Å². The smallest absolute Gasteiger partial charge is 0.408 e. The summed E-state index contributed by atoms with van der Waals surface area (Å²) in [5.74, 6) is 0.573. The van der Waals surface area contributed by atoms with E-state index in [4.69, 9.17) is 16.0 Å². The predicted molar refractivity (Wildman–Crippen MR) is 88.4 cm³/mol. The first-order valence-corrected chi connectivity index (χ1v) is 7.74. The Kier molecular flexibility index (Phi) is 3.42. The van der Waals surface area contributed by atoms with E-state index in [1.165, 1.54) is 6.42 Å². The second kappa shape index (κ2) is 5.58. The Morgan fingerprint density at radius 1 is 1.35 bits per heavy atom. The van der Waals surface area contributed by atoms with Crippen LogP contribution in [-0.4, -0.2) is 21.0 Å². The Hall–Kier alpha value is -2.54. The van der Waals surface area contributed by atoms with E-state index >= 15 is 0 Å². The Balaban J connectivity index is 1.58. The van der Waals surface area contributed by atoms with Crippen LogP contribution in [0.5, 0.6) is 0 Å². The fourth-order valence-corrected chi connectivity index (χ4v) is 2.57. The zero-order chi connectivity index (χ0) is 15.8. The van der Waals surface area contributed by atoms with Crippen LogP contribution in [0.25, 0.3) is 11.1 Å². The minimum absolute atomic E-state index is 0.424. The van der Waals surface area contributed by atoms with E-state index in [-0.39, 0.29) is 0 Å². The monoisotopic (exact) mass is 331 g/mol. The molecule has 0 atom stereocenters. The molecule has 0 amide bonds. The van der Waals surface area contributed by atoms with Crippen LogP contribution in [0.4, 0.5) is 17.5 Å². The second-order valence-electron chi connectivity index (χ2n) is 5.51. The summed E-state index contributed by atoms with van der Waals surface area (Å²) in [7, 11) is 0. The van der Waals surface area contributed by atoms with Crippen molar-refractivity contribution in [2.75, 3.05) is 10.6 Å². The minimum atomic E-state index is -0.480. The van der Waals surface area contributed by atoms with Crippen LogP contribution < -0.4 is 16.4 Å². The van der Waals surface area contributed by atoms with Crippen molar-refractivity contribution in [2.45, 2.75) is 25.3 Å². The zero-order valence-electron chi connectivity index (χ0n) is 12.1. The Morgan fingerprint density at radius 3 is 3.00 bits per heavy atom. The molecule has 4 rings (SSSR count). The molecule has 2 heterocycles. The van der Waals surface area contributed by atoms with Gasteiger partial charge in [-0.25, -0.2) is 9.78 Å². The van der Waals surface area contributed by atoms with Gasteiger partial charge in [0, 0.05) is 17.8 Å². The number of H-pyrrole nitrogens is 1. The molecule has 3 N–H and O–H groups in total. The van der Waals surface area contributed by atoms with Gasteiger partial charge in [-0.15, -0.1) is 0 Å². The summed E-state index contributed by atoms with van der Waals surface area (Å²) in [6.07, 6.45) is 5.05. The molecule has 0 radical (unpaired) electrons. The van der Waals surface area contributed by atoms with Crippen molar-refractivity contribution in [1.29, 1.82) is 0 Å². The lowest BCUT2D eigenvalue weighted by Gasteiger charge is -2.27. The number of hydrogen-bond acceptors (Lipinski definition) is 6. The molecule has 2 aromatic heterocycles. The van der Waals surface area contributed by atoms with Crippen molar-refractivity contribution in [2.24, 2.45) is 0 Å². The molecule has 1 aromatic carbocycles. The lowest BCUT2D eigenvalue weighted by molar-refractivity contribution is 0.444.